The number of hydrogen-bond acceptors (Lipinski definition) is 4. The van der Waals surface area contributed by atoms with Crippen molar-refractivity contribution in [2.75, 3.05) is 58.2 Å². The van der Waals surface area contributed by atoms with Gasteiger partial charge in [-0.3, -0.25) is 4.90 Å². The van der Waals surface area contributed by atoms with Crippen LogP contribution in [0.15, 0.2) is 97.1 Å². The maximum Gasteiger partial charge on any atom is 0.322 e. The van der Waals surface area contributed by atoms with Crippen molar-refractivity contribution in [1.82, 2.24) is 15.1 Å². The monoisotopic (exact) mass is 484 g/mol. The molecule has 1 saturated heterocycles. The van der Waals surface area contributed by atoms with Crippen molar-refractivity contribution in [3.63, 3.8) is 0 Å². The van der Waals surface area contributed by atoms with Crippen LogP contribution in [0.4, 0.5) is 10.5 Å². The lowest BCUT2D eigenvalue weighted by atomic mass is 9.90. The van der Waals surface area contributed by atoms with Crippen LogP contribution in [-0.2, 0) is 0 Å². The number of rotatable bonds is 10. The first-order chi connectivity index (χ1) is 17.6. The summed E-state index contributed by atoms with van der Waals surface area (Å²) in [7, 11) is 1.63. The molecule has 2 N–H and O–H groups in total. The minimum Gasteiger partial charge on any atom is -0.497 e. The van der Waals surface area contributed by atoms with E-state index in [2.05, 4.69) is 70.6 Å². The molecule has 1 heterocycles. The van der Waals surface area contributed by atoms with E-state index < -0.39 is 0 Å². The molecule has 1 aliphatic rings. The molecule has 3 aromatic carbocycles. The van der Waals surface area contributed by atoms with Crippen LogP contribution in [0.3, 0.4) is 0 Å². The smallest absolute Gasteiger partial charge is 0.322 e. The van der Waals surface area contributed by atoms with Crippen LogP contribution in [0.2, 0.25) is 0 Å². The molecule has 0 aliphatic carbocycles. The molecule has 1 aliphatic heterocycles. The standard InChI is InChI=1S/C30H36N4O2/c1-24(21-33-19-17-31-18-20-33)22-34(30(35)32-27-13-15-28(36-2)16-14-27)23-29(25-9-5-3-6-10-25)26-11-7-4-8-12-26/h3-16,29,31H,1,17-23H2,2H3,(H,32,35). The van der Waals surface area contributed by atoms with Crippen molar-refractivity contribution in [2.45, 2.75) is 5.92 Å². The topological polar surface area (TPSA) is 56.8 Å². The molecule has 1 fully saturated rings. The van der Waals surface area contributed by atoms with Gasteiger partial charge in [0.05, 0.1) is 7.11 Å². The van der Waals surface area contributed by atoms with Crippen LogP contribution in [0.5, 0.6) is 5.75 Å². The largest absolute Gasteiger partial charge is 0.497 e. The van der Waals surface area contributed by atoms with Gasteiger partial charge >= 0.3 is 6.03 Å². The lowest BCUT2D eigenvalue weighted by Crippen LogP contribution is -2.45. The Bertz CT molecular complexity index is 1060. The summed E-state index contributed by atoms with van der Waals surface area (Å²) in [6.07, 6.45) is 0. The number of benzene rings is 3. The average molecular weight is 485 g/mol. The van der Waals surface area contributed by atoms with E-state index in [1.165, 1.54) is 11.1 Å². The number of ether oxygens (including phenoxy) is 1. The highest BCUT2D eigenvalue weighted by Crippen LogP contribution is 2.26. The molecular weight excluding hydrogens is 448 g/mol. The number of nitrogens with one attached hydrogen (secondary N) is 2. The summed E-state index contributed by atoms with van der Waals surface area (Å²) in [4.78, 5) is 17.9. The van der Waals surface area contributed by atoms with Gasteiger partial charge in [0.1, 0.15) is 5.75 Å². The highest BCUT2D eigenvalue weighted by atomic mass is 16.5. The molecule has 3 aromatic rings. The number of carbonyl (C=O) groups is 1. The van der Waals surface area contributed by atoms with E-state index in [1.807, 2.05) is 41.3 Å². The summed E-state index contributed by atoms with van der Waals surface area (Å²) >= 11 is 0. The Kier molecular flexibility index (Phi) is 9.14. The molecule has 0 unspecified atom stereocenters. The van der Waals surface area contributed by atoms with Gasteiger partial charge in [-0.15, -0.1) is 0 Å². The second kappa shape index (κ2) is 12.9. The molecule has 2 amide bonds. The maximum atomic E-state index is 13.6. The molecule has 188 valence electrons. The van der Waals surface area contributed by atoms with Gasteiger partial charge < -0.3 is 20.3 Å². The van der Waals surface area contributed by atoms with Gasteiger partial charge in [-0.05, 0) is 41.0 Å². The number of anilines is 1. The third kappa shape index (κ3) is 7.20. The fraction of sp³-hybridized carbons (Fsp3) is 0.300. The number of nitrogens with zero attached hydrogens (tertiary/aromatic N) is 2. The predicted octanol–water partition coefficient (Wildman–Crippen LogP) is 4.82. The van der Waals surface area contributed by atoms with Crippen molar-refractivity contribution >= 4 is 11.7 Å². The highest BCUT2D eigenvalue weighted by Gasteiger charge is 2.23. The Morgan fingerprint density at radius 2 is 1.56 bits per heavy atom. The molecule has 6 nitrogen and oxygen atoms in total. The van der Waals surface area contributed by atoms with Crippen molar-refractivity contribution < 1.29 is 9.53 Å². The zero-order valence-electron chi connectivity index (χ0n) is 21.0. The lowest BCUT2D eigenvalue weighted by Gasteiger charge is -2.32. The molecule has 0 saturated carbocycles. The van der Waals surface area contributed by atoms with Crippen LogP contribution in [0.1, 0.15) is 17.0 Å². The highest BCUT2D eigenvalue weighted by molar-refractivity contribution is 5.89. The van der Waals surface area contributed by atoms with E-state index in [0.29, 0.717) is 13.1 Å². The molecule has 0 aromatic heterocycles. The van der Waals surface area contributed by atoms with Gasteiger partial charge in [-0.25, -0.2) is 4.79 Å². The van der Waals surface area contributed by atoms with Gasteiger partial charge in [-0.1, -0.05) is 67.2 Å². The van der Waals surface area contributed by atoms with Gasteiger partial charge in [0.2, 0.25) is 0 Å². The Morgan fingerprint density at radius 1 is 0.972 bits per heavy atom. The van der Waals surface area contributed by atoms with E-state index in [0.717, 1.165) is 49.7 Å². The lowest BCUT2D eigenvalue weighted by molar-refractivity contribution is 0.210. The number of amides is 2. The van der Waals surface area contributed by atoms with E-state index in [9.17, 15) is 4.79 Å². The van der Waals surface area contributed by atoms with Gasteiger partial charge in [0.25, 0.3) is 0 Å². The van der Waals surface area contributed by atoms with Crippen molar-refractivity contribution in [3.05, 3.63) is 108 Å². The van der Waals surface area contributed by atoms with Crippen molar-refractivity contribution in [3.8, 4) is 5.75 Å². The third-order valence-electron chi connectivity index (χ3n) is 6.51. The van der Waals surface area contributed by atoms with Crippen LogP contribution >= 0.6 is 0 Å². The molecule has 4 rings (SSSR count). The predicted molar refractivity (Wildman–Crippen MR) is 147 cm³/mol. The number of carbonyl (C=O) groups excluding carboxylic acids is 1. The summed E-state index contributed by atoms with van der Waals surface area (Å²) in [5.74, 6) is 0.795. The summed E-state index contributed by atoms with van der Waals surface area (Å²) < 4.78 is 5.25. The fourth-order valence-electron chi connectivity index (χ4n) is 4.60. The SMILES string of the molecule is C=C(CN1CCNCC1)CN(CC(c1ccccc1)c1ccccc1)C(=O)Nc1ccc(OC)cc1. The van der Waals surface area contributed by atoms with Crippen molar-refractivity contribution in [2.24, 2.45) is 0 Å². The first-order valence-electron chi connectivity index (χ1n) is 12.5. The van der Waals surface area contributed by atoms with Crippen LogP contribution in [0, 0.1) is 0 Å². The zero-order valence-corrected chi connectivity index (χ0v) is 21.0. The van der Waals surface area contributed by atoms with E-state index >= 15 is 0 Å². The number of urea groups is 1. The van der Waals surface area contributed by atoms with Crippen LogP contribution < -0.4 is 15.4 Å². The average Bonchev–Trinajstić information content (AvgIpc) is 2.93. The van der Waals surface area contributed by atoms with E-state index in [-0.39, 0.29) is 11.9 Å². The fourth-order valence-corrected chi connectivity index (χ4v) is 4.60. The first kappa shape index (κ1) is 25.5. The number of piperazine rings is 1. The maximum absolute atomic E-state index is 13.6. The summed E-state index contributed by atoms with van der Waals surface area (Å²) in [6.45, 7) is 10.1. The first-order valence-corrected chi connectivity index (χ1v) is 12.5. The molecule has 0 bridgehead atoms. The third-order valence-corrected chi connectivity index (χ3v) is 6.51. The van der Waals surface area contributed by atoms with Gasteiger partial charge in [0, 0.05) is 57.4 Å². The summed E-state index contributed by atoms with van der Waals surface area (Å²) in [5.41, 5.74) is 4.12. The second-order valence-corrected chi connectivity index (χ2v) is 9.19. The second-order valence-electron chi connectivity index (χ2n) is 9.19. The normalized spacial score (nSPS) is 13.8. The summed E-state index contributed by atoms with van der Waals surface area (Å²) in [5, 5.41) is 6.47. The molecule has 0 spiro atoms. The minimum atomic E-state index is -0.140. The zero-order chi connectivity index (χ0) is 25.2. The summed E-state index contributed by atoms with van der Waals surface area (Å²) in [6, 6.07) is 28.0. The molecule has 0 radical (unpaired) electrons. The van der Waals surface area contributed by atoms with E-state index in [4.69, 9.17) is 4.74 Å². The number of methoxy groups -OCH3 is 1. The molecule has 6 heteroatoms. The van der Waals surface area contributed by atoms with Crippen molar-refractivity contribution in [1.29, 1.82) is 0 Å². The quantitative estimate of drug-likeness (QED) is 0.405. The molecule has 36 heavy (non-hydrogen) atoms. The van der Waals surface area contributed by atoms with Crippen LogP contribution in [-0.4, -0.2) is 68.8 Å². The molecular formula is C30H36N4O2. The van der Waals surface area contributed by atoms with Crippen LogP contribution in [0.25, 0.3) is 0 Å². The van der Waals surface area contributed by atoms with Gasteiger partial charge in [0.15, 0.2) is 0 Å². The van der Waals surface area contributed by atoms with E-state index in [1.54, 1.807) is 7.11 Å². The van der Waals surface area contributed by atoms with Gasteiger partial charge in [-0.2, -0.15) is 0 Å². The molecule has 0 atom stereocenters. The Labute approximate surface area is 214 Å². The Morgan fingerprint density at radius 3 is 2.11 bits per heavy atom. The Balaban J connectivity index is 1.56. The Hall–Kier alpha value is -3.61. The number of hydrogen-bond donors (Lipinski definition) is 2. The minimum absolute atomic E-state index is 0.0426.